The lowest BCUT2D eigenvalue weighted by atomic mass is 10.00. The molecule has 0 bridgehead atoms. The van der Waals surface area contributed by atoms with Gasteiger partial charge in [0.1, 0.15) is 18.3 Å². The second-order valence-corrected chi connectivity index (χ2v) is 6.84. The predicted molar refractivity (Wildman–Crippen MR) is 86.6 cm³/mol. The minimum Gasteiger partial charge on any atom is -0.492 e. The molecule has 0 saturated carbocycles. The van der Waals surface area contributed by atoms with Gasteiger partial charge < -0.3 is 14.4 Å². The van der Waals surface area contributed by atoms with Crippen molar-refractivity contribution in [2.45, 2.75) is 18.9 Å². The summed E-state index contributed by atoms with van der Waals surface area (Å²) in [5, 5.41) is 0. The largest absolute Gasteiger partial charge is 0.492 e. The van der Waals surface area contributed by atoms with Crippen LogP contribution in [0.5, 0.6) is 5.75 Å². The maximum absolute atomic E-state index is 13.0. The average molecular weight is 316 g/mol. The van der Waals surface area contributed by atoms with Gasteiger partial charge in [0, 0.05) is 37.8 Å². The molecule has 1 aromatic rings. The second kappa shape index (κ2) is 6.13. The molecule has 4 rings (SSSR count). The SMILES string of the molecule is C[C@@H]1CN(C(=O)[C@@H]2COc3ccccc32)C[C@H]1N1CCOCC1. The highest BCUT2D eigenvalue weighted by atomic mass is 16.5. The fraction of sp³-hybridized carbons (Fsp3) is 0.611. The van der Waals surface area contributed by atoms with Crippen molar-refractivity contribution in [3.05, 3.63) is 29.8 Å². The van der Waals surface area contributed by atoms with E-state index < -0.39 is 0 Å². The van der Waals surface area contributed by atoms with Gasteiger partial charge in [0.15, 0.2) is 0 Å². The summed E-state index contributed by atoms with van der Waals surface area (Å²) >= 11 is 0. The van der Waals surface area contributed by atoms with E-state index in [0.29, 0.717) is 18.6 Å². The van der Waals surface area contributed by atoms with Crippen molar-refractivity contribution in [2.24, 2.45) is 5.92 Å². The van der Waals surface area contributed by atoms with Crippen LogP contribution >= 0.6 is 0 Å². The minimum atomic E-state index is -0.137. The number of hydrogen-bond donors (Lipinski definition) is 0. The van der Waals surface area contributed by atoms with Gasteiger partial charge in [-0.25, -0.2) is 0 Å². The van der Waals surface area contributed by atoms with Crippen molar-refractivity contribution < 1.29 is 14.3 Å². The molecular weight excluding hydrogens is 292 g/mol. The quantitative estimate of drug-likeness (QED) is 0.826. The zero-order valence-corrected chi connectivity index (χ0v) is 13.6. The molecule has 5 heteroatoms. The van der Waals surface area contributed by atoms with E-state index >= 15 is 0 Å². The monoisotopic (exact) mass is 316 g/mol. The number of carbonyl (C=O) groups is 1. The summed E-state index contributed by atoms with van der Waals surface area (Å²) in [4.78, 5) is 17.5. The first-order valence-corrected chi connectivity index (χ1v) is 8.56. The fourth-order valence-corrected chi connectivity index (χ4v) is 4.10. The molecule has 3 atom stereocenters. The minimum absolute atomic E-state index is 0.137. The highest BCUT2D eigenvalue weighted by molar-refractivity contribution is 5.86. The molecule has 2 saturated heterocycles. The number of morpholine rings is 1. The van der Waals surface area contributed by atoms with Crippen LogP contribution in [0.25, 0.3) is 0 Å². The van der Waals surface area contributed by atoms with Crippen LogP contribution in [0.4, 0.5) is 0 Å². The third-order valence-electron chi connectivity index (χ3n) is 5.40. The summed E-state index contributed by atoms with van der Waals surface area (Å²) in [6.07, 6.45) is 0. The lowest BCUT2D eigenvalue weighted by molar-refractivity contribution is -0.132. The molecule has 0 spiro atoms. The summed E-state index contributed by atoms with van der Waals surface area (Å²) in [5.41, 5.74) is 1.04. The van der Waals surface area contributed by atoms with Crippen molar-refractivity contribution in [2.75, 3.05) is 46.0 Å². The van der Waals surface area contributed by atoms with Crippen LogP contribution in [-0.2, 0) is 9.53 Å². The van der Waals surface area contributed by atoms with Gasteiger partial charge in [-0.1, -0.05) is 25.1 Å². The van der Waals surface area contributed by atoms with Crippen molar-refractivity contribution >= 4 is 5.91 Å². The fourth-order valence-electron chi connectivity index (χ4n) is 4.10. The van der Waals surface area contributed by atoms with Gasteiger partial charge in [0.25, 0.3) is 0 Å². The smallest absolute Gasteiger partial charge is 0.233 e. The normalized spacial score (nSPS) is 31.0. The molecular formula is C18H24N2O3. The van der Waals surface area contributed by atoms with Gasteiger partial charge in [-0.3, -0.25) is 9.69 Å². The summed E-state index contributed by atoms with van der Waals surface area (Å²) in [6.45, 7) is 7.98. The number of fused-ring (bicyclic) bond motifs is 1. The number of hydrogen-bond acceptors (Lipinski definition) is 4. The van der Waals surface area contributed by atoms with Gasteiger partial charge in [-0.05, 0) is 12.0 Å². The van der Waals surface area contributed by atoms with E-state index in [4.69, 9.17) is 9.47 Å². The first kappa shape index (κ1) is 15.0. The Labute approximate surface area is 137 Å². The molecule has 0 radical (unpaired) electrons. The Hall–Kier alpha value is -1.59. The summed E-state index contributed by atoms with van der Waals surface area (Å²) in [6, 6.07) is 8.37. The standard InChI is InChI=1S/C18H24N2O3/c1-13-10-20(11-16(13)19-6-8-22-9-7-19)18(21)15-12-23-17-5-3-2-4-14(15)17/h2-5,13,15-16H,6-12H2,1H3/t13-,15-,16-/m1/s1. The third kappa shape index (κ3) is 2.72. The van der Waals surface area contributed by atoms with Gasteiger partial charge in [-0.15, -0.1) is 0 Å². The molecule has 0 aliphatic carbocycles. The van der Waals surface area contributed by atoms with E-state index in [0.717, 1.165) is 50.7 Å². The van der Waals surface area contributed by atoms with E-state index in [1.165, 1.54) is 0 Å². The van der Waals surface area contributed by atoms with Crippen LogP contribution in [0.1, 0.15) is 18.4 Å². The molecule has 1 aromatic carbocycles. The van der Waals surface area contributed by atoms with E-state index in [-0.39, 0.29) is 11.8 Å². The Kier molecular flexibility index (Phi) is 3.99. The van der Waals surface area contributed by atoms with Crippen LogP contribution in [0, 0.1) is 5.92 Å². The third-order valence-corrected chi connectivity index (χ3v) is 5.40. The van der Waals surface area contributed by atoms with Gasteiger partial charge in [-0.2, -0.15) is 0 Å². The number of amides is 1. The number of nitrogens with zero attached hydrogens (tertiary/aromatic N) is 2. The van der Waals surface area contributed by atoms with E-state index in [1.807, 2.05) is 29.2 Å². The maximum Gasteiger partial charge on any atom is 0.233 e. The van der Waals surface area contributed by atoms with E-state index in [9.17, 15) is 4.79 Å². The number of rotatable bonds is 2. The zero-order chi connectivity index (χ0) is 15.8. The molecule has 124 valence electrons. The van der Waals surface area contributed by atoms with Crippen molar-refractivity contribution in [3.8, 4) is 5.75 Å². The Balaban J connectivity index is 1.46. The Bertz CT molecular complexity index is 585. The molecule has 3 aliphatic heterocycles. The molecule has 5 nitrogen and oxygen atoms in total. The Morgan fingerprint density at radius 2 is 1.96 bits per heavy atom. The molecule has 1 amide bonds. The number of ether oxygens (including phenoxy) is 2. The summed E-state index contributed by atoms with van der Waals surface area (Å²) in [7, 11) is 0. The number of carbonyl (C=O) groups excluding carboxylic acids is 1. The van der Waals surface area contributed by atoms with Crippen LogP contribution in [0.2, 0.25) is 0 Å². The molecule has 3 heterocycles. The highest BCUT2D eigenvalue weighted by Crippen LogP contribution is 2.36. The number of likely N-dealkylation sites (tertiary alicyclic amines) is 1. The first-order valence-electron chi connectivity index (χ1n) is 8.56. The number of benzene rings is 1. The lowest BCUT2D eigenvalue weighted by Crippen LogP contribution is -2.47. The van der Waals surface area contributed by atoms with Gasteiger partial charge >= 0.3 is 0 Å². The topological polar surface area (TPSA) is 42.0 Å². The number of para-hydroxylation sites is 1. The van der Waals surface area contributed by atoms with Crippen LogP contribution < -0.4 is 4.74 Å². The molecule has 3 aliphatic rings. The lowest BCUT2D eigenvalue weighted by Gasteiger charge is -2.34. The van der Waals surface area contributed by atoms with Crippen LogP contribution in [0.15, 0.2) is 24.3 Å². The van der Waals surface area contributed by atoms with Gasteiger partial charge in [0.2, 0.25) is 5.91 Å². The highest BCUT2D eigenvalue weighted by Gasteiger charge is 2.40. The van der Waals surface area contributed by atoms with Crippen molar-refractivity contribution in [3.63, 3.8) is 0 Å². The van der Waals surface area contributed by atoms with Crippen LogP contribution in [-0.4, -0.2) is 67.7 Å². The van der Waals surface area contributed by atoms with E-state index in [2.05, 4.69) is 11.8 Å². The average Bonchev–Trinajstić information content (AvgIpc) is 3.19. The van der Waals surface area contributed by atoms with Crippen molar-refractivity contribution in [1.82, 2.24) is 9.80 Å². The molecule has 2 fully saturated rings. The maximum atomic E-state index is 13.0. The second-order valence-electron chi connectivity index (χ2n) is 6.84. The van der Waals surface area contributed by atoms with Crippen molar-refractivity contribution in [1.29, 1.82) is 0 Å². The molecule has 0 N–H and O–H groups in total. The van der Waals surface area contributed by atoms with E-state index in [1.54, 1.807) is 0 Å². The summed E-state index contributed by atoms with van der Waals surface area (Å²) in [5.74, 6) is 1.46. The Morgan fingerprint density at radius 1 is 1.17 bits per heavy atom. The Morgan fingerprint density at radius 3 is 2.78 bits per heavy atom. The first-order chi connectivity index (χ1) is 11.2. The summed E-state index contributed by atoms with van der Waals surface area (Å²) < 4.78 is 11.1. The predicted octanol–water partition coefficient (Wildman–Crippen LogP) is 1.34. The van der Waals surface area contributed by atoms with Gasteiger partial charge in [0.05, 0.1) is 13.2 Å². The molecule has 0 unspecified atom stereocenters. The molecule has 23 heavy (non-hydrogen) atoms. The van der Waals surface area contributed by atoms with Crippen LogP contribution in [0.3, 0.4) is 0 Å². The molecule has 0 aromatic heterocycles. The zero-order valence-electron chi connectivity index (χ0n) is 13.6.